The number of aryl methyl sites for hydroxylation is 2. The predicted octanol–water partition coefficient (Wildman–Crippen LogP) is 8.20. The molecule has 0 amide bonds. The zero-order valence-corrected chi connectivity index (χ0v) is 19.0. The van der Waals surface area contributed by atoms with Gasteiger partial charge >= 0.3 is 0 Å². The molecule has 0 aliphatic rings. The van der Waals surface area contributed by atoms with Gasteiger partial charge in [-0.3, -0.25) is 0 Å². The average Bonchev–Trinajstić information content (AvgIpc) is 2.81. The van der Waals surface area contributed by atoms with Crippen molar-refractivity contribution in [2.75, 3.05) is 0 Å². The third-order valence-corrected chi connectivity index (χ3v) is 5.87. The molecule has 2 nitrogen and oxygen atoms in total. The van der Waals surface area contributed by atoms with E-state index in [1.165, 1.54) is 44.1 Å². The van der Waals surface area contributed by atoms with Crippen molar-refractivity contribution >= 4 is 0 Å². The molecule has 0 N–H and O–H groups in total. The molecule has 0 aliphatic heterocycles. The van der Waals surface area contributed by atoms with Gasteiger partial charge in [-0.15, -0.1) is 0 Å². The van der Waals surface area contributed by atoms with Crippen LogP contribution in [-0.2, 0) is 12.8 Å². The number of hydrogen-bond acceptors (Lipinski definition) is 2. The summed E-state index contributed by atoms with van der Waals surface area (Å²) < 4.78 is 14.5. The van der Waals surface area contributed by atoms with Crippen molar-refractivity contribution in [3.8, 4) is 22.5 Å². The van der Waals surface area contributed by atoms with Gasteiger partial charge in [0.25, 0.3) is 0 Å². The van der Waals surface area contributed by atoms with Gasteiger partial charge in [0.2, 0.25) is 0 Å². The van der Waals surface area contributed by atoms with Crippen LogP contribution in [0.5, 0.6) is 0 Å². The van der Waals surface area contributed by atoms with Crippen molar-refractivity contribution in [1.82, 2.24) is 9.97 Å². The van der Waals surface area contributed by atoms with Gasteiger partial charge in [0, 0.05) is 23.5 Å². The van der Waals surface area contributed by atoms with Crippen molar-refractivity contribution in [2.24, 2.45) is 0 Å². The molecule has 3 heteroatoms. The van der Waals surface area contributed by atoms with Crippen molar-refractivity contribution in [3.05, 3.63) is 71.8 Å². The molecule has 0 saturated heterocycles. The van der Waals surface area contributed by atoms with Crippen molar-refractivity contribution in [2.45, 2.75) is 78.1 Å². The summed E-state index contributed by atoms with van der Waals surface area (Å²) in [6, 6.07) is 14.1. The van der Waals surface area contributed by atoms with E-state index in [2.05, 4.69) is 48.1 Å². The molecule has 0 unspecified atom stereocenters. The molecule has 2 aromatic carbocycles. The Morgan fingerprint density at radius 3 is 1.87 bits per heavy atom. The molecule has 3 aromatic rings. The maximum Gasteiger partial charge on any atom is 0.159 e. The SMILES string of the molecule is CCCCCCc1ccc(-c2cnc(-c3ccc(CCCCCC)c(F)c3)nc2)cc1. The van der Waals surface area contributed by atoms with E-state index < -0.39 is 0 Å². The summed E-state index contributed by atoms with van der Waals surface area (Å²) in [7, 11) is 0. The molecular weight excluding hydrogens is 383 g/mol. The summed E-state index contributed by atoms with van der Waals surface area (Å²) in [5.41, 5.74) is 4.98. The van der Waals surface area contributed by atoms with Crippen LogP contribution >= 0.6 is 0 Å². The fourth-order valence-corrected chi connectivity index (χ4v) is 3.88. The first-order valence-electron chi connectivity index (χ1n) is 11.9. The van der Waals surface area contributed by atoms with Gasteiger partial charge in [-0.2, -0.15) is 0 Å². The lowest BCUT2D eigenvalue weighted by Gasteiger charge is -2.07. The van der Waals surface area contributed by atoms with Crippen molar-refractivity contribution in [3.63, 3.8) is 0 Å². The Labute approximate surface area is 187 Å². The highest BCUT2D eigenvalue weighted by atomic mass is 19.1. The summed E-state index contributed by atoms with van der Waals surface area (Å²) in [4.78, 5) is 8.99. The first-order chi connectivity index (χ1) is 15.2. The van der Waals surface area contributed by atoms with Crippen LogP contribution in [-0.4, -0.2) is 9.97 Å². The third-order valence-electron chi connectivity index (χ3n) is 5.87. The zero-order valence-electron chi connectivity index (χ0n) is 19.0. The molecule has 0 aliphatic carbocycles. The summed E-state index contributed by atoms with van der Waals surface area (Å²) in [5.74, 6) is 0.406. The van der Waals surface area contributed by atoms with E-state index in [0.29, 0.717) is 5.82 Å². The topological polar surface area (TPSA) is 25.8 Å². The maximum atomic E-state index is 14.5. The Bertz CT molecular complexity index is 917. The van der Waals surface area contributed by atoms with Crippen LogP contribution in [0, 0.1) is 5.82 Å². The van der Waals surface area contributed by atoms with E-state index in [-0.39, 0.29) is 5.82 Å². The molecule has 0 spiro atoms. The molecule has 1 aromatic heterocycles. The monoisotopic (exact) mass is 418 g/mol. The number of halogens is 1. The van der Waals surface area contributed by atoms with Crippen LogP contribution in [0.1, 0.15) is 76.3 Å². The minimum absolute atomic E-state index is 0.156. The van der Waals surface area contributed by atoms with E-state index in [1.54, 1.807) is 6.07 Å². The summed E-state index contributed by atoms with van der Waals surface area (Å²) in [6.45, 7) is 4.43. The largest absolute Gasteiger partial charge is 0.236 e. The number of unbranched alkanes of at least 4 members (excludes halogenated alkanes) is 6. The lowest BCUT2D eigenvalue weighted by Crippen LogP contribution is -1.95. The molecule has 0 fully saturated rings. The van der Waals surface area contributed by atoms with E-state index in [0.717, 1.165) is 47.9 Å². The Morgan fingerprint density at radius 1 is 0.645 bits per heavy atom. The Balaban J connectivity index is 1.61. The molecular formula is C28H35FN2. The smallest absolute Gasteiger partial charge is 0.159 e. The van der Waals surface area contributed by atoms with E-state index in [9.17, 15) is 4.39 Å². The molecule has 3 rings (SSSR count). The van der Waals surface area contributed by atoms with Gasteiger partial charge in [0.1, 0.15) is 5.82 Å². The predicted molar refractivity (Wildman–Crippen MR) is 129 cm³/mol. The van der Waals surface area contributed by atoms with Crippen molar-refractivity contribution < 1.29 is 4.39 Å². The molecule has 164 valence electrons. The molecule has 0 saturated carbocycles. The zero-order chi connectivity index (χ0) is 21.9. The molecule has 31 heavy (non-hydrogen) atoms. The highest BCUT2D eigenvalue weighted by Gasteiger charge is 2.08. The first-order valence-corrected chi connectivity index (χ1v) is 11.9. The van der Waals surface area contributed by atoms with Gasteiger partial charge in [-0.25, -0.2) is 14.4 Å². The van der Waals surface area contributed by atoms with Crippen LogP contribution in [0.15, 0.2) is 54.9 Å². The Morgan fingerprint density at radius 2 is 1.26 bits per heavy atom. The standard InChI is InChI=1S/C28H35FN2/c1-3-5-7-9-11-22-13-15-23(16-14-22)26-20-30-28(31-21-26)25-18-17-24(27(29)19-25)12-10-8-6-4-2/h13-21H,3-12H2,1-2H3. The maximum absolute atomic E-state index is 14.5. The van der Waals surface area contributed by atoms with Crippen molar-refractivity contribution in [1.29, 1.82) is 0 Å². The summed E-state index contributed by atoms with van der Waals surface area (Å²) >= 11 is 0. The van der Waals surface area contributed by atoms with E-state index in [4.69, 9.17) is 0 Å². The van der Waals surface area contributed by atoms with Crippen LogP contribution in [0.25, 0.3) is 22.5 Å². The molecule has 0 radical (unpaired) electrons. The Kier molecular flexibility index (Phi) is 9.20. The number of benzene rings is 2. The fraction of sp³-hybridized carbons (Fsp3) is 0.429. The quantitative estimate of drug-likeness (QED) is 0.277. The molecule has 1 heterocycles. The normalized spacial score (nSPS) is 11.1. The lowest BCUT2D eigenvalue weighted by atomic mass is 10.0. The number of rotatable bonds is 12. The van der Waals surface area contributed by atoms with Gasteiger partial charge in [-0.05, 0) is 48.4 Å². The average molecular weight is 419 g/mol. The summed E-state index contributed by atoms with van der Waals surface area (Å²) in [5, 5.41) is 0. The second-order valence-corrected chi connectivity index (χ2v) is 8.42. The van der Waals surface area contributed by atoms with E-state index in [1.807, 2.05) is 24.5 Å². The number of aromatic nitrogens is 2. The highest BCUT2D eigenvalue weighted by molar-refractivity contribution is 5.64. The van der Waals surface area contributed by atoms with Crippen LogP contribution in [0.4, 0.5) is 4.39 Å². The molecule has 0 bridgehead atoms. The molecule has 0 atom stereocenters. The summed E-state index contributed by atoms with van der Waals surface area (Å²) in [6.07, 6.45) is 15.3. The van der Waals surface area contributed by atoms with Crippen LogP contribution < -0.4 is 0 Å². The second-order valence-electron chi connectivity index (χ2n) is 8.42. The lowest BCUT2D eigenvalue weighted by molar-refractivity contribution is 0.594. The minimum Gasteiger partial charge on any atom is -0.236 e. The van der Waals surface area contributed by atoms with Crippen LogP contribution in [0.2, 0.25) is 0 Å². The van der Waals surface area contributed by atoms with Crippen LogP contribution in [0.3, 0.4) is 0 Å². The third kappa shape index (κ3) is 6.99. The fourth-order valence-electron chi connectivity index (χ4n) is 3.88. The van der Waals surface area contributed by atoms with Gasteiger partial charge in [-0.1, -0.05) is 88.8 Å². The number of hydrogen-bond donors (Lipinski definition) is 0. The highest BCUT2D eigenvalue weighted by Crippen LogP contribution is 2.23. The first kappa shape index (κ1) is 23.1. The Hall–Kier alpha value is -2.55. The van der Waals surface area contributed by atoms with E-state index >= 15 is 0 Å². The number of nitrogens with zero attached hydrogens (tertiary/aromatic N) is 2. The minimum atomic E-state index is -0.156. The van der Waals surface area contributed by atoms with Gasteiger partial charge in [0.15, 0.2) is 5.82 Å². The van der Waals surface area contributed by atoms with Gasteiger partial charge in [0.05, 0.1) is 0 Å². The van der Waals surface area contributed by atoms with Gasteiger partial charge < -0.3 is 0 Å². The second kappa shape index (κ2) is 12.3.